The van der Waals surface area contributed by atoms with Crippen molar-refractivity contribution in [3.63, 3.8) is 0 Å². The predicted octanol–water partition coefficient (Wildman–Crippen LogP) is 4.57. The van der Waals surface area contributed by atoms with E-state index in [1.165, 1.54) is 0 Å². The van der Waals surface area contributed by atoms with Gasteiger partial charge in [0.1, 0.15) is 12.4 Å². The van der Waals surface area contributed by atoms with Gasteiger partial charge in [0.2, 0.25) is 0 Å². The molecule has 2 aromatic carbocycles. The summed E-state index contributed by atoms with van der Waals surface area (Å²) in [6, 6.07) is 15.8. The first-order chi connectivity index (χ1) is 12.7. The van der Waals surface area contributed by atoms with Gasteiger partial charge in [-0.2, -0.15) is 0 Å². The zero-order chi connectivity index (χ0) is 18.8. The first-order valence-electron chi connectivity index (χ1n) is 9.32. The molecule has 0 heterocycles. The first kappa shape index (κ1) is 20.0. The van der Waals surface area contributed by atoms with Crippen molar-refractivity contribution in [3.05, 3.63) is 65.2 Å². The number of hydrogen-bond acceptors (Lipinski definition) is 3. The van der Waals surface area contributed by atoms with Crippen LogP contribution in [0.5, 0.6) is 5.75 Å². The van der Waals surface area contributed by atoms with Crippen molar-refractivity contribution >= 4 is 5.91 Å². The molecule has 1 atom stereocenters. The van der Waals surface area contributed by atoms with Crippen LogP contribution in [0.25, 0.3) is 0 Å². The molecule has 1 amide bonds. The van der Waals surface area contributed by atoms with E-state index in [1.54, 1.807) is 0 Å². The van der Waals surface area contributed by atoms with Gasteiger partial charge < -0.3 is 14.8 Å². The van der Waals surface area contributed by atoms with Crippen LogP contribution in [-0.2, 0) is 16.1 Å². The first-order valence-corrected chi connectivity index (χ1v) is 9.32. The van der Waals surface area contributed by atoms with E-state index in [-0.39, 0.29) is 5.91 Å². The number of nitrogens with one attached hydrogen (secondary N) is 1. The Morgan fingerprint density at radius 3 is 2.50 bits per heavy atom. The van der Waals surface area contributed by atoms with Gasteiger partial charge in [0.25, 0.3) is 5.91 Å². The van der Waals surface area contributed by atoms with Crippen LogP contribution in [0.4, 0.5) is 0 Å². The summed E-state index contributed by atoms with van der Waals surface area (Å²) in [4.78, 5) is 12.6. The lowest BCUT2D eigenvalue weighted by atomic mass is 10.0. The van der Waals surface area contributed by atoms with Crippen molar-refractivity contribution in [1.82, 2.24) is 5.32 Å². The average molecular weight is 355 g/mol. The van der Waals surface area contributed by atoms with Crippen LogP contribution in [0.1, 0.15) is 49.5 Å². The largest absolute Gasteiger partial charge is 0.489 e. The molecule has 1 N–H and O–H groups in total. The molecule has 4 nitrogen and oxygen atoms in total. The van der Waals surface area contributed by atoms with Gasteiger partial charge in [-0.25, -0.2) is 0 Å². The average Bonchev–Trinajstić information content (AvgIpc) is 2.66. The van der Waals surface area contributed by atoms with E-state index in [4.69, 9.17) is 9.47 Å². The molecule has 0 aliphatic heterocycles. The van der Waals surface area contributed by atoms with E-state index < -0.39 is 6.10 Å². The molecule has 0 radical (unpaired) electrons. The van der Waals surface area contributed by atoms with Crippen LogP contribution < -0.4 is 10.1 Å². The summed E-state index contributed by atoms with van der Waals surface area (Å²) < 4.78 is 11.9. The molecular formula is C22H29NO3. The molecule has 2 rings (SSSR count). The summed E-state index contributed by atoms with van der Waals surface area (Å²) in [6.45, 7) is 7.67. The van der Waals surface area contributed by atoms with Crippen LogP contribution in [-0.4, -0.2) is 19.1 Å². The molecule has 0 saturated heterocycles. The summed E-state index contributed by atoms with van der Waals surface area (Å²) in [7, 11) is 0. The van der Waals surface area contributed by atoms with Crippen molar-refractivity contribution in [2.45, 2.75) is 46.3 Å². The lowest BCUT2D eigenvalue weighted by Crippen LogP contribution is -2.32. The molecule has 2 aromatic rings. The number of ether oxygens (including phenoxy) is 2. The number of rotatable bonds is 10. The Morgan fingerprint density at radius 2 is 1.77 bits per heavy atom. The van der Waals surface area contributed by atoms with Crippen molar-refractivity contribution < 1.29 is 14.3 Å². The van der Waals surface area contributed by atoms with Gasteiger partial charge in [0.15, 0.2) is 6.10 Å². The van der Waals surface area contributed by atoms with E-state index in [2.05, 4.69) is 5.32 Å². The lowest BCUT2D eigenvalue weighted by molar-refractivity contribution is -0.133. The van der Waals surface area contributed by atoms with Gasteiger partial charge in [0.05, 0.1) is 0 Å². The highest BCUT2D eigenvalue weighted by Gasteiger charge is 2.23. The summed E-state index contributed by atoms with van der Waals surface area (Å²) in [5.74, 6) is 0.757. The minimum atomic E-state index is -0.613. The minimum Gasteiger partial charge on any atom is -0.489 e. The molecule has 4 heteroatoms. The third-order valence-corrected chi connectivity index (χ3v) is 4.09. The third kappa shape index (κ3) is 5.60. The number of para-hydroxylation sites is 1. The fraction of sp³-hybridized carbons (Fsp3) is 0.409. The van der Waals surface area contributed by atoms with Crippen molar-refractivity contribution in [1.29, 1.82) is 0 Å². The highest BCUT2D eigenvalue weighted by molar-refractivity contribution is 5.82. The summed E-state index contributed by atoms with van der Waals surface area (Å²) in [6.07, 6.45) is 1.14. The van der Waals surface area contributed by atoms with Crippen LogP contribution >= 0.6 is 0 Å². The van der Waals surface area contributed by atoms with Crippen LogP contribution in [0.15, 0.2) is 48.5 Å². The lowest BCUT2D eigenvalue weighted by Gasteiger charge is -2.21. The Bertz CT molecular complexity index is 699. The van der Waals surface area contributed by atoms with Crippen LogP contribution in [0.3, 0.4) is 0 Å². The second kappa shape index (κ2) is 10.6. The number of amides is 1. The summed E-state index contributed by atoms with van der Waals surface area (Å²) in [5, 5.41) is 2.95. The monoisotopic (exact) mass is 355 g/mol. The molecule has 0 aromatic heterocycles. The molecule has 1 unspecified atom stereocenters. The predicted molar refractivity (Wildman–Crippen MR) is 104 cm³/mol. The Labute approximate surface area is 156 Å². The normalized spacial score (nSPS) is 11.8. The number of benzene rings is 2. The summed E-state index contributed by atoms with van der Waals surface area (Å²) in [5.41, 5.74) is 2.91. The standard InChI is InChI=1S/C22H29NO3/c1-4-14-23-22(24)21(25-15-5-2)19-12-8-7-11-18(19)16-26-20-13-9-6-10-17(20)3/h6-13,21H,4-5,14-16H2,1-3H3,(H,23,24). The fourth-order valence-corrected chi connectivity index (χ4v) is 2.68. The van der Waals surface area contributed by atoms with E-state index in [9.17, 15) is 4.79 Å². The molecule has 0 saturated carbocycles. The van der Waals surface area contributed by atoms with Crippen molar-refractivity contribution in [3.8, 4) is 5.75 Å². The highest BCUT2D eigenvalue weighted by Crippen LogP contribution is 2.25. The topological polar surface area (TPSA) is 47.6 Å². The van der Waals surface area contributed by atoms with Crippen LogP contribution in [0.2, 0.25) is 0 Å². The van der Waals surface area contributed by atoms with Gasteiger partial charge in [-0.05, 0) is 42.5 Å². The van der Waals surface area contributed by atoms with E-state index in [0.29, 0.717) is 19.8 Å². The smallest absolute Gasteiger partial charge is 0.253 e. The summed E-state index contributed by atoms with van der Waals surface area (Å²) >= 11 is 0. The zero-order valence-corrected chi connectivity index (χ0v) is 16.0. The van der Waals surface area contributed by atoms with E-state index in [0.717, 1.165) is 35.3 Å². The Balaban J connectivity index is 2.20. The SMILES string of the molecule is CCCNC(=O)C(OCCC)c1ccccc1COc1ccccc1C. The minimum absolute atomic E-state index is 0.0939. The maximum absolute atomic E-state index is 12.6. The Hall–Kier alpha value is -2.33. The second-order valence-corrected chi connectivity index (χ2v) is 6.29. The Kier molecular flexibility index (Phi) is 8.16. The van der Waals surface area contributed by atoms with E-state index in [1.807, 2.05) is 69.3 Å². The van der Waals surface area contributed by atoms with Gasteiger partial charge in [-0.15, -0.1) is 0 Å². The van der Waals surface area contributed by atoms with Crippen molar-refractivity contribution in [2.75, 3.05) is 13.2 Å². The quantitative estimate of drug-likeness (QED) is 0.679. The number of carbonyl (C=O) groups excluding carboxylic acids is 1. The van der Waals surface area contributed by atoms with E-state index >= 15 is 0 Å². The molecule has 0 spiro atoms. The maximum Gasteiger partial charge on any atom is 0.253 e. The molecule has 0 aliphatic carbocycles. The van der Waals surface area contributed by atoms with Crippen LogP contribution in [0, 0.1) is 6.92 Å². The second-order valence-electron chi connectivity index (χ2n) is 6.29. The fourth-order valence-electron chi connectivity index (χ4n) is 2.68. The molecular weight excluding hydrogens is 326 g/mol. The third-order valence-electron chi connectivity index (χ3n) is 4.09. The van der Waals surface area contributed by atoms with Gasteiger partial charge in [-0.3, -0.25) is 4.79 Å². The van der Waals surface area contributed by atoms with Crippen molar-refractivity contribution in [2.24, 2.45) is 0 Å². The number of aryl methyl sites for hydroxylation is 1. The highest BCUT2D eigenvalue weighted by atomic mass is 16.5. The molecule has 0 fully saturated rings. The molecule has 26 heavy (non-hydrogen) atoms. The maximum atomic E-state index is 12.6. The zero-order valence-electron chi connectivity index (χ0n) is 16.0. The van der Waals surface area contributed by atoms with Gasteiger partial charge in [-0.1, -0.05) is 56.3 Å². The molecule has 140 valence electrons. The number of carbonyl (C=O) groups is 1. The van der Waals surface area contributed by atoms with Gasteiger partial charge in [0, 0.05) is 13.2 Å². The number of hydrogen-bond donors (Lipinski definition) is 1. The molecule has 0 aliphatic rings. The Morgan fingerprint density at radius 1 is 1.04 bits per heavy atom. The van der Waals surface area contributed by atoms with Gasteiger partial charge >= 0.3 is 0 Å². The molecule has 0 bridgehead atoms.